The van der Waals surface area contributed by atoms with Crippen molar-refractivity contribution in [2.45, 2.75) is 45.6 Å². The molecule has 0 bridgehead atoms. The van der Waals surface area contributed by atoms with Gasteiger partial charge in [-0.1, -0.05) is 37.9 Å². The van der Waals surface area contributed by atoms with Crippen LogP contribution in [0.4, 0.5) is 0 Å². The lowest BCUT2D eigenvalue weighted by atomic mass is 9.93. The molecule has 1 amide bonds. The molecule has 2 heterocycles. The summed E-state index contributed by atoms with van der Waals surface area (Å²) in [6, 6.07) is 11.6. The van der Waals surface area contributed by atoms with Crippen LogP contribution in [-0.2, 0) is 11.2 Å². The molecular formula is C22H27N3O3S. The number of ether oxygens (including phenoxy) is 1. The highest BCUT2D eigenvalue weighted by atomic mass is 32.1. The van der Waals surface area contributed by atoms with Gasteiger partial charge < -0.3 is 14.6 Å². The number of rotatable bonds is 10. The lowest BCUT2D eigenvalue weighted by Gasteiger charge is -2.25. The van der Waals surface area contributed by atoms with Crippen LogP contribution in [0.2, 0.25) is 0 Å². The van der Waals surface area contributed by atoms with Crippen LogP contribution < -0.4 is 10.1 Å². The number of hydrogen-bond acceptors (Lipinski definition) is 6. The Morgan fingerprint density at radius 3 is 2.59 bits per heavy atom. The zero-order chi connectivity index (χ0) is 20.6. The Morgan fingerprint density at radius 2 is 1.97 bits per heavy atom. The van der Waals surface area contributed by atoms with Crippen molar-refractivity contribution in [3.05, 3.63) is 52.5 Å². The summed E-state index contributed by atoms with van der Waals surface area (Å²) in [4.78, 5) is 18.2. The molecule has 0 saturated carbocycles. The van der Waals surface area contributed by atoms with Crippen LogP contribution in [0, 0.1) is 5.92 Å². The molecule has 6 nitrogen and oxygen atoms in total. The highest BCUT2D eigenvalue weighted by Gasteiger charge is 2.23. The molecule has 1 N–H and O–H groups in total. The second-order valence-corrected chi connectivity index (χ2v) is 7.86. The molecule has 1 unspecified atom stereocenters. The van der Waals surface area contributed by atoms with E-state index in [0.29, 0.717) is 30.5 Å². The number of carbonyl (C=O) groups is 1. The number of thiophene rings is 1. The average molecular weight is 414 g/mol. The minimum Gasteiger partial charge on any atom is -0.497 e. The Bertz CT molecular complexity index is 886. The second kappa shape index (κ2) is 10.2. The molecule has 3 rings (SSSR count). The van der Waals surface area contributed by atoms with Crippen molar-refractivity contribution >= 4 is 17.2 Å². The lowest BCUT2D eigenvalue weighted by Crippen LogP contribution is -2.33. The summed E-state index contributed by atoms with van der Waals surface area (Å²) in [5.41, 5.74) is 0.844. The maximum Gasteiger partial charge on any atom is 0.227 e. The van der Waals surface area contributed by atoms with E-state index in [1.807, 2.05) is 30.3 Å². The first-order valence-electron chi connectivity index (χ1n) is 9.94. The molecule has 29 heavy (non-hydrogen) atoms. The van der Waals surface area contributed by atoms with Crippen molar-refractivity contribution in [1.82, 2.24) is 15.5 Å². The predicted octanol–water partition coefficient (Wildman–Crippen LogP) is 5.03. The van der Waals surface area contributed by atoms with Crippen molar-refractivity contribution in [3.8, 4) is 17.1 Å². The highest BCUT2D eigenvalue weighted by Crippen LogP contribution is 2.30. The van der Waals surface area contributed by atoms with Gasteiger partial charge in [0, 0.05) is 23.3 Å². The van der Waals surface area contributed by atoms with E-state index >= 15 is 0 Å². The number of carbonyl (C=O) groups excluding carboxylic acids is 1. The van der Waals surface area contributed by atoms with Gasteiger partial charge in [-0.05, 0) is 41.6 Å². The van der Waals surface area contributed by atoms with Gasteiger partial charge in [0.15, 0.2) is 0 Å². The van der Waals surface area contributed by atoms with Crippen LogP contribution in [0.3, 0.4) is 0 Å². The van der Waals surface area contributed by atoms with Crippen molar-refractivity contribution in [2.24, 2.45) is 5.92 Å². The van der Waals surface area contributed by atoms with Gasteiger partial charge >= 0.3 is 0 Å². The molecule has 0 spiro atoms. The summed E-state index contributed by atoms with van der Waals surface area (Å²) in [5.74, 6) is 2.16. The van der Waals surface area contributed by atoms with Crippen LogP contribution >= 0.6 is 11.3 Å². The Hall–Kier alpha value is -2.67. The normalized spacial score (nSPS) is 12.1. The molecule has 7 heteroatoms. The number of benzene rings is 1. The number of aromatic nitrogens is 2. The highest BCUT2D eigenvalue weighted by molar-refractivity contribution is 7.10. The van der Waals surface area contributed by atoms with E-state index in [1.54, 1.807) is 18.4 Å². The third-order valence-electron chi connectivity index (χ3n) is 5.07. The molecule has 2 aromatic heterocycles. The SMILES string of the molecule is CCC(CC)C(NC(=O)CCc1nc(-c2ccc(OC)cc2)no1)c1cccs1. The van der Waals surface area contributed by atoms with E-state index in [-0.39, 0.29) is 11.9 Å². The third-order valence-corrected chi connectivity index (χ3v) is 6.02. The summed E-state index contributed by atoms with van der Waals surface area (Å²) in [7, 11) is 1.62. The number of amides is 1. The van der Waals surface area contributed by atoms with Gasteiger partial charge in [-0.2, -0.15) is 4.98 Å². The topological polar surface area (TPSA) is 77.2 Å². The zero-order valence-electron chi connectivity index (χ0n) is 17.1. The molecule has 1 aromatic carbocycles. The van der Waals surface area contributed by atoms with Gasteiger partial charge in [0.2, 0.25) is 17.6 Å². The lowest BCUT2D eigenvalue weighted by molar-refractivity contribution is -0.122. The molecule has 0 fully saturated rings. The predicted molar refractivity (Wildman–Crippen MR) is 114 cm³/mol. The van der Waals surface area contributed by atoms with Crippen LogP contribution in [0.5, 0.6) is 5.75 Å². The largest absolute Gasteiger partial charge is 0.497 e. The van der Waals surface area contributed by atoms with E-state index in [9.17, 15) is 4.79 Å². The fourth-order valence-corrected chi connectivity index (χ4v) is 4.20. The standard InChI is InChI=1S/C22H27N3O3S/c1-4-15(5-2)21(18-7-6-14-29-18)23-19(26)12-13-20-24-22(25-28-20)16-8-10-17(27-3)11-9-16/h6-11,14-15,21H,4-5,12-13H2,1-3H3,(H,23,26). The number of aryl methyl sites for hydroxylation is 1. The molecule has 1 atom stereocenters. The van der Waals surface area contributed by atoms with Crippen molar-refractivity contribution in [3.63, 3.8) is 0 Å². The Morgan fingerprint density at radius 1 is 1.21 bits per heavy atom. The number of nitrogens with zero attached hydrogens (tertiary/aromatic N) is 2. The zero-order valence-corrected chi connectivity index (χ0v) is 17.9. The van der Waals surface area contributed by atoms with Gasteiger partial charge in [0.25, 0.3) is 0 Å². The molecule has 3 aromatic rings. The Balaban J connectivity index is 1.59. The first-order chi connectivity index (χ1) is 14.1. The van der Waals surface area contributed by atoms with Gasteiger partial charge in [-0.3, -0.25) is 4.79 Å². The molecule has 0 aliphatic rings. The van der Waals surface area contributed by atoms with Crippen LogP contribution in [-0.4, -0.2) is 23.2 Å². The molecular weight excluding hydrogens is 386 g/mol. The monoisotopic (exact) mass is 413 g/mol. The first-order valence-corrected chi connectivity index (χ1v) is 10.8. The van der Waals surface area contributed by atoms with Crippen molar-refractivity contribution in [2.75, 3.05) is 7.11 Å². The van der Waals surface area contributed by atoms with Gasteiger partial charge in [-0.15, -0.1) is 11.3 Å². The average Bonchev–Trinajstić information content (AvgIpc) is 3.45. The summed E-state index contributed by atoms with van der Waals surface area (Å²) < 4.78 is 10.5. The molecule has 0 aliphatic carbocycles. The Kier molecular flexibility index (Phi) is 7.41. The molecule has 0 aliphatic heterocycles. The maximum absolute atomic E-state index is 12.6. The van der Waals surface area contributed by atoms with E-state index in [1.165, 1.54) is 4.88 Å². The van der Waals surface area contributed by atoms with E-state index < -0.39 is 0 Å². The third kappa shape index (κ3) is 5.44. The summed E-state index contributed by atoms with van der Waals surface area (Å²) in [5, 5.41) is 9.28. The smallest absolute Gasteiger partial charge is 0.227 e. The van der Waals surface area contributed by atoms with Crippen molar-refractivity contribution in [1.29, 1.82) is 0 Å². The summed E-state index contributed by atoms with van der Waals surface area (Å²) >= 11 is 1.69. The van der Waals surface area contributed by atoms with E-state index in [4.69, 9.17) is 9.26 Å². The van der Waals surface area contributed by atoms with E-state index in [2.05, 4.69) is 40.8 Å². The fourth-order valence-electron chi connectivity index (χ4n) is 3.33. The fraction of sp³-hybridized carbons (Fsp3) is 0.409. The van der Waals surface area contributed by atoms with E-state index in [0.717, 1.165) is 24.2 Å². The van der Waals surface area contributed by atoms with Gasteiger partial charge in [0.1, 0.15) is 5.75 Å². The minimum atomic E-state index is -0.000465. The molecule has 0 saturated heterocycles. The van der Waals surface area contributed by atoms with Gasteiger partial charge in [-0.25, -0.2) is 0 Å². The summed E-state index contributed by atoms with van der Waals surface area (Å²) in [6.45, 7) is 4.33. The molecule has 0 radical (unpaired) electrons. The van der Waals surface area contributed by atoms with Gasteiger partial charge in [0.05, 0.1) is 13.2 Å². The van der Waals surface area contributed by atoms with Crippen LogP contribution in [0.25, 0.3) is 11.4 Å². The van der Waals surface area contributed by atoms with Crippen LogP contribution in [0.1, 0.15) is 49.9 Å². The van der Waals surface area contributed by atoms with Crippen LogP contribution in [0.15, 0.2) is 46.3 Å². The number of methoxy groups -OCH3 is 1. The number of nitrogens with one attached hydrogen (secondary N) is 1. The number of hydrogen-bond donors (Lipinski definition) is 1. The minimum absolute atomic E-state index is 0.000465. The summed E-state index contributed by atoms with van der Waals surface area (Å²) in [6.07, 6.45) is 2.77. The van der Waals surface area contributed by atoms with Crippen molar-refractivity contribution < 1.29 is 14.1 Å². The Labute approximate surface area is 175 Å². The maximum atomic E-state index is 12.6. The first kappa shape index (κ1) is 21.0. The quantitative estimate of drug-likeness (QED) is 0.504. The second-order valence-electron chi connectivity index (χ2n) is 6.88. The molecule has 154 valence electrons.